The minimum atomic E-state index is -3.62. The Bertz CT molecular complexity index is 622. The average molecular weight is 298 g/mol. The van der Waals surface area contributed by atoms with E-state index in [4.69, 9.17) is 14.4 Å². The molecular weight excluding hydrogens is 284 g/mol. The number of ether oxygens (including phenoxy) is 1. The topological polar surface area (TPSA) is 102 Å². The Morgan fingerprint density at radius 3 is 2.60 bits per heavy atom. The highest BCUT2D eigenvalue weighted by Crippen LogP contribution is 2.16. The molecule has 1 aromatic heterocycles. The van der Waals surface area contributed by atoms with Crippen LogP contribution in [0.3, 0.4) is 0 Å². The first-order valence-corrected chi connectivity index (χ1v) is 7.33. The van der Waals surface area contributed by atoms with Crippen LogP contribution in [0.25, 0.3) is 0 Å². The molecule has 0 spiro atoms. The lowest BCUT2D eigenvalue weighted by Crippen LogP contribution is -2.22. The van der Waals surface area contributed by atoms with E-state index in [0.29, 0.717) is 11.5 Å². The van der Waals surface area contributed by atoms with Gasteiger partial charge in [0.15, 0.2) is 5.76 Å². The third-order valence-corrected chi connectivity index (χ3v) is 3.84. The van der Waals surface area contributed by atoms with Crippen LogP contribution in [-0.4, -0.2) is 31.9 Å². The van der Waals surface area contributed by atoms with E-state index in [1.807, 2.05) is 0 Å². The number of benzene rings is 1. The zero-order chi connectivity index (χ0) is 14.4. The molecule has 0 aliphatic heterocycles. The summed E-state index contributed by atoms with van der Waals surface area (Å²) in [5, 5.41) is 12.1. The molecule has 0 amide bonds. The molecule has 0 aliphatic carbocycles. The number of hydrogen-bond donors (Lipinski definition) is 2. The van der Waals surface area contributed by atoms with Crippen molar-refractivity contribution in [3.63, 3.8) is 0 Å². The maximum atomic E-state index is 12.0. The standard InChI is InChI=1S/C12H14N2O5S/c15-7-8-18-10-1-3-12(4-2-10)20(16,17)14-9-11-5-6-13-19-11/h1-6,14-15H,7-9H2. The van der Waals surface area contributed by atoms with Crippen molar-refractivity contribution in [1.29, 1.82) is 0 Å². The van der Waals surface area contributed by atoms with Gasteiger partial charge in [-0.1, -0.05) is 5.16 Å². The van der Waals surface area contributed by atoms with Gasteiger partial charge in [0.2, 0.25) is 10.0 Å². The number of sulfonamides is 1. The molecule has 20 heavy (non-hydrogen) atoms. The minimum absolute atomic E-state index is 0.0328. The molecule has 0 bridgehead atoms. The first-order valence-electron chi connectivity index (χ1n) is 5.85. The molecule has 0 atom stereocenters. The van der Waals surface area contributed by atoms with Gasteiger partial charge in [-0.25, -0.2) is 13.1 Å². The fraction of sp³-hybridized carbons (Fsp3) is 0.250. The van der Waals surface area contributed by atoms with E-state index >= 15 is 0 Å². The summed E-state index contributed by atoms with van der Waals surface area (Å²) < 4.78 is 36.4. The van der Waals surface area contributed by atoms with Gasteiger partial charge in [-0.15, -0.1) is 0 Å². The van der Waals surface area contributed by atoms with Crippen LogP contribution < -0.4 is 9.46 Å². The van der Waals surface area contributed by atoms with Crippen molar-refractivity contribution in [3.8, 4) is 5.75 Å². The van der Waals surface area contributed by atoms with E-state index in [0.717, 1.165) is 0 Å². The summed E-state index contributed by atoms with van der Waals surface area (Å²) in [5.74, 6) is 0.921. The second-order valence-electron chi connectivity index (χ2n) is 3.85. The van der Waals surface area contributed by atoms with Gasteiger partial charge in [0.25, 0.3) is 0 Å². The van der Waals surface area contributed by atoms with Crippen molar-refractivity contribution in [3.05, 3.63) is 42.3 Å². The van der Waals surface area contributed by atoms with E-state index in [1.54, 1.807) is 6.07 Å². The maximum absolute atomic E-state index is 12.0. The predicted molar refractivity (Wildman–Crippen MR) is 69.6 cm³/mol. The normalized spacial score (nSPS) is 11.4. The minimum Gasteiger partial charge on any atom is -0.491 e. The van der Waals surface area contributed by atoms with Crippen LogP contribution in [0.5, 0.6) is 5.75 Å². The number of nitrogens with one attached hydrogen (secondary N) is 1. The molecular formula is C12H14N2O5S. The molecule has 0 fully saturated rings. The molecule has 0 saturated heterocycles. The Morgan fingerprint density at radius 1 is 1.25 bits per heavy atom. The molecule has 0 radical (unpaired) electrons. The second-order valence-corrected chi connectivity index (χ2v) is 5.61. The number of hydrogen-bond acceptors (Lipinski definition) is 6. The number of aliphatic hydroxyl groups excluding tert-OH is 1. The second kappa shape index (κ2) is 6.51. The highest BCUT2D eigenvalue weighted by molar-refractivity contribution is 7.89. The van der Waals surface area contributed by atoms with E-state index < -0.39 is 10.0 Å². The van der Waals surface area contributed by atoms with Crippen molar-refractivity contribution >= 4 is 10.0 Å². The summed E-state index contributed by atoms with van der Waals surface area (Å²) in [5.41, 5.74) is 0. The van der Waals surface area contributed by atoms with E-state index in [1.165, 1.54) is 30.5 Å². The zero-order valence-corrected chi connectivity index (χ0v) is 11.3. The van der Waals surface area contributed by atoms with Crippen LogP contribution in [0.1, 0.15) is 5.76 Å². The summed E-state index contributed by atoms with van der Waals surface area (Å²) >= 11 is 0. The number of aliphatic hydroxyl groups is 1. The first-order chi connectivity index (χ1) is 9.62. The van der Waals surface area contributed by atoms with Gasteiger partial charge < -0.3 is 14.4 Å². The lowest BCUT2D eigenvalue weighted by molar-refractivity contribution is 0.201. The molecule has 1 heterocycles. The van der Waals surface area contributed by atoms with Gasteiger partial charge in [-0.3, -0.25) is 0 Å². The Labute approximate surface area is 116 Å². The summed E-state index contributed by atoms with van der Waals surface area (Å²) in [4.78, 5) is 0.119. The molecule has 2 aromatic rings. The molecule has 0 unspecified atom stereocenters. The third-order valence-electron chi connectivity index (χ3n) is 2.42. The predicted octanol–water partition coefficient (Wildman–Crippen LogP) is 0.524. The fourth-order valence-electron chi connectivity index (χ4n) is 1.46. The van der Waals surface area contributed by atoms with Crippen LogP contribution >= 0.6 is 0 Å². The first kappa shape index (κ1) is 14.5. The quantitative estimate of drug-likeness (QED) is 0.773. The van der Waals surface area contributed by atoms with E-state index in [9.17, 15) is 8.42 Å². The van der Waals surface area contributed by atoms with Gasteiger partial charge in [0, 0.05) is 6.07 Å². The summed E-state index contributed by atoms with van der Waals surface area (Å²) in [7, 11) is -3.62. The van der Waals surface area contributed by atoms with Crippen LogP contribution in [0.2, 0.25) is 0 Å². The van der Waals surface area contributed by atoms with E-state index in [-0.39, 0.29) is 24.7 Å². The Hall–Kier alpha value is -1.90. The molecule has 108 valence electrons. The lowest BCUT2D eigenvalue weighted by atomic mass is 10.3. The average Bonchev–Trinajstić information content (AvgIpc) is 2.97. The van der Waals surface area contributed by atoms with Crippen molar-refractivity contribution in [2.24, 2.45) is 0 Å². The highest BCUT2D eigenvalue weighted by atomic mass is 32.2. The van der Waals surface area contributed by atoms with Crippen LogP contribution in [-0.2, 0) is 16.6 Å². The molecule has 2 rings (SSSR count). The van der Waals surface area contributed by atoms with Gasteiger partial charge in [0.1, 0.15) is 12.4 Å². The molecule has 0 aliphatic rings. The fourth-order valence-corrected chi connectivity index (χ4v) is 2.45. The Balaban J connectivity index is 2.01. The number of rotatable bonds is 7. The summed E-state index contributed by atoms with van der Waals surface area (Å²) in [6, 6.07) is 7.48. The van der Waals surface area contributed by atoms with Crippen LogP contribution in [0.15, 0.2) is 45.9 Å². The van der Waals surface area contributed by atoms with Gasteiger partial charge >= 0.3 is 0 Å². The highest BCUT2D eigenvalue weighted by Gasteiger charge is 2.14. The number of aromatic nitrogens is 1. The van der Waals surface area contributed by atoms with Crippen molar-refractivity contribution in [1.82, 2.24) is 9.88 Å². The summed E-state index contributed by atoms with van der Waals surface area (Å²) in [6.07, 6.45) is 1.44. The van der Waals surface area contributed by atoms with Crippen molar-refractivity contribution in [2.45, 2.75) is 11.4 Å². The largest absolute Gasteiger partial charge is 0.491 e. The third kappa shape index (κ3) is 3.80. The Kier molecular flexibility index (Phi) is 4.72. The zero-order valence-electron chi connectivity index (χ0n) is 10.5. The van der Waals surface area contributed by atoms with Crippen LogP contribution in [0, 0.1) is 0 Å². The smallest absolute Gasteiger partial charge is 0.240 e. The molecule has 8 heteroatoms. The molecule has 2 N–H and O–H groups in total. The SMILES string of the molecule is O=S(=O)(NCc1ccno1)c1ccc(OCCO)cc1. The van der Waals surface area contributed by atoms with Gasteiger partial charge in [0.05, 0.1) is 24.2 Å². The maximum Gasteiger partial charge on any atom is 0.240 e. The monoisotopic (exact) mass is 298 g/mol. The van der Waals surface area contributed by atoms with Gasteiger partial charge in [-0.05, 0) is 24.3 Å². The van der Waals surface area contributed by atoms with E-state index in [2.05, 4.69) is 9.88 Å². The van der Waals surface area contributed by atoms with Crippen LogP contribution in [0.4, 0.5) is 0 Å². The number of nitrogens with zero attached hydrogens (tertiary/aromatic N) is 1. The summed E-state index contributed by atoms with van der Waals surface area (Å²) in [6.45, 7) is 0.0969. The lowest BCUT2D eigenvalue weighted by Gasteiger charge is -2.07. The molecule has 0 saturated carbocycles. The van der Waals surface area contributed by atoms with Crippen molar-refractivity contribution < 1.29 is 22.8 Å². The molecule has 7 nitrogen and oxygen atoms in total. The molecule has 1 aromatic carbocycles. The van der Waals surface area contributed by atoms with Gasteiger partial charge in [-0.2, -0.15) is 0 Å². The van der Waals surface area contributed by atoms with Crippen molar-refractivity contribution in [2.75, 3.05) is 13.2 Å². The Morgan fingerprint density at radius 2 is 2.00 bits per heavy atom.